The highest BCUT2D eigenvalue weighted by molar-refractivity contribution is 8.26. The normalized spacial score (nSPS) is 14.6. The number of thioether (sulfide) groups is 1. The van der Waals surface area contributed by atoms with Crippen LogP contribution in [0.15, 0.2) is 59.6 Å². The van der Waals surface area contributed by atoms with Gasteiger partial charge in [0.05, 0.1) is 4.91 Å². The first kappa shape index (κ1) is 26.3. The highest BCUT2D eigenvalue weighted by Gasteiger charge is 2.31. The Hall–Kier alpha value is -2.81. The second-order valence-corrected chi connectivity index (χ2v) is 11.7. The molecule has 2 heterocycles. The molecule has 1 aliphatic heterocycles. The molecule has 0 aliphatic carbocycles. The number of rotatable bonds is 10. The number of carbonyl (C=O) groups is 2. The van der Waals surface area contributed by atoms with E-state index in [1.165, 1.54) is 39.8 Å². The van der Waals surface area contributed by atoms with Gasteiger partial charge >= 0.3 is 0 Å². The molecule has 0 unspecified atom stereocenters. The van der Waals surface area contributed by atoms with Gasteiger partial charge < -0.3 is 5.32 Å². The number of nitrogens with zero attached hydrogens (tertiary/aromatic N) is 2. The average molecular weight is 536 g/mol. The van der Waals surface area contributed by atoms with E-state index in [0.717, 1.165) is 36.1 Å². The van der Waals surface area contributed by atoms with Gasteiger partial charge in [-0.1, -0.05) is 90.1 Å². The van der Waals surface area contributed by atoms with Gasteiger partial charge in [0, 0.05) is 30.5 Å². The van der Waals surface area contributed by atoms with Crippen molar-refractivity contribution in [1.29, 1.82) is 0 Å². The molecule has 3 aromatic rings. The SMILES string of the molecule is Cc1ccc(C=C2SC(=S)N(CCCCCC(=O)Nc3ncc(Cc4ccc(C)cc4)s3)C2=O)cc1. The number of nitrogens with one attached hydrogen (secondary N) is 1. The average Bonchev–Trinajstić information content (AvgIpc) is 3.40. The minimum atomic E-state index is -0.0338. The van der Waals surface area contributed by atoms with E-state index in [9.17, 15) is 9.59 Å². The number of aromatic nitrogens is 1. The summed E-state index contributed by atoms with van der Waals surface area (Å²) in [6.07, 6.45) is 7.36. The van der Waals surface area contributed by atoms with E-state index >= 15 is 0 Å². The number of benzene rings is 2. The number of hydrogen-bond acceptors (Lipinski definition) is 6. The Bertz CT molecular complexity index is 1260. The van der Waals surface area contributed by atoms with Crippen LogP contribution in [-0.4, -0.2) is 32.6 Å². The Balaban J connectivity index is 1.16. The molecule has 1 aliphatic rings. The fraction of sp³-hybridized carbons (Fsp3) is 0.286. The molecule has 4 rings (SSSR count). The monoisotopic (exact) mass is 535 g/mol. The molecule has 0 saturated carbocycles. The van der Waals surface area contributed by atoms with Crippen LogP contribution in [0, 0.1) is 13.8 Å². The molecule has 0 atom stereocenters. The van der Waals surface area contributed by atoms with Gasteiger partial charge in [-0.3, -0.25) is 14.5 Å². The predicted octanol–water partition coefficient (Wildman–Crippen LogP) is 6.75. The lowest BCUT2D eigenvalue weighted by Gasteiger charge is -2.14. The smallest absolute Gasteiger partial charge is 0.266 e. The first-order chi connectivity index (χ1) is 17.4. The summed E-state index contributed by atoms with van der Waals surface area (Å²) in [4.78, 5) is 32.9. The number of amides is 2. The van der Waals surface area contributed by atoms with E-state index in [1.807, 2.05) is 43.5 Å². The number of carbonyl (C=O) groups excluding carboxylic acids is 2. The third-order valence-electron chi connectivity index (χ3n) is 5.83. The summed E-state index contributed by atoms with van der Waals surface area (Å²) >= 11 is 8.30. The van der Waals surface area contributed by atoms with Crippen molar-refractivity contribution in [3.05, 3.63) is 86.8 Å². The number of anilines is 1. The van der Waals surface area contributed by atoms with Crippen LogP contribution in [0.25, 0.3) is 6.08 Å². The van der Waals surface area contributed by atoms with Crippen LogP contribution in [0.4, 0.5) is 5.13 Å². The molecule has 0 bridgehead atoms. The third kappa shape index (κ3) is 7.35. The molecule has 1 N–H and O–H groups in total. The lowest BCUT2D eigenvalue weighted by molar-refractivity contribution is -0.122. The van der Waals surface area contributed by atoms with Gasteiger partial charge in [-0.25, -0.2) is 4.98 Å². The molecular formula is C28H29N3O2S3. The van der Waals surface area contributed by atoms with Crippen molar-refractivity contribution in [2.24, 2.45) is 0 Å². The zero-order chi connectivity index (χ0) is 25.5. The van der Waals surface area contributed by atoms with Crippen LogP contribution in [-0.2, 0) is 16.0 Å². The maximum Gasteiger partial charge on any atom is 0.266 e. The minimum Gasteiger partial charge on any atom is -0.302 e. The number of aryl methyl sites for hydroxylation is 2. The van der Waals surface area contributed by atoms with Crippen molar-refractivity contribution >= 4 is 62.7 Å². The van der Waals surface area contributed by atoms with Crippen LogP contribution in [0.3, 0.4) is 0 Å². The van der Waals surface area contributed by atoms with Crippen molar-refractivity contribution in [3.63, 3.8) is 0 Å². The highest BCUT2D eigenvalue weighted by Crippen LogP contribution is 2.32. The second-order valence-electron chi connectivity index (χ2n) is 8.90. The van der Waals surface area contributed by atoms with E-state index in [4.69, 9.17) is 12.2 Å². The van der Waals surface area contributed by atoms with Crippen molar-refractivity contribution in [1.82, 2.24) is 9.88 Å². The zero-order valence-electron chi connectivity index (χ0n) is 20.5. The van der Waals surface area contributed by atoms with Crippen molar-refractivity contribution in [3.8, 4) is 0 Å². The number of unbranched alkanes of at least 4 members (excludes halogenated alkanes) is 2. The molecule has 1 saturated heterocycles. The summed E-state index contributed by atoms with van der Waals surface area (Å²) in [6, 6.07) is 16.5. The van der Waals surface area contributed by atoms with Crippen molar-refractivity contribution in [2.75, 3.05) is 11.9 Å². The molecule has 0 spiro atoms. The van der Waals surface area contributed by atoms with Crippen LogP contribution in [0.1, 0.15) is 52.8 Å². The van der Waals surface area contributed by atoms with Crippen LogP contribution >= 0.6 is 35.3 Å². The number of thiocarbonyl (C=S) groups is 1. The van der Waals surface area contributed by atoms with Gasteiger partial charge in [0.15, 0.2) is 5.13 Å². The zero-order valence-corrected chi connectivity index (χ0v) is 22.9. The summed E-state index contributed by atoms with van der Waals surface area (Å²) in [6.45, 7) is 4.69. The molecule has 1 aromatic heterocycles. The van der Waals surface area contributed by atoms with Crippen LogP contribution < -0.4 is 5.32 Å². The first-order valence-electron chi connectivity index (χ1n) is 12.0. The molecule has 5 nitrogen and oxygen atoms in total. The Morgan fingerprint density at radius 1 is 1.03 bits per heavy atom. The molecule has 186 valence electrons. The van der Waals surface area contributed by atoms with E-state index in [2.05, 4.69) is 41.5 Å². The van der Waals surface area contributed by atoms with E-state index in [0.29, 0.717) is 27.3 Å². The largest absolute Gasteiger partial charge is 0.302 e. The van der Waals surface area contributed by atoms with Crippen molar-refractivity contribution < 1.29 is 9.59 Å². The molecular weight excluding hydrogens is 507 g/mol. The van der Waals surface area contributed by atoms with Crippen molar-refractivity contribution in [2.45, 2.75) is 46.0 Å². The van der Waals surface area contributed by atoms with Gasteiger partial charge in [0.1, 0.15) is 4.32 Å². The van der Waals surface area contributed by atoms with Crippen LogP contribution in [0.5, 0.6) is 0 Å². The molecule has 0 radical (unpaired) electrons. The van der Waals surface area contributed by atoms with Gasteiger partial charge in [-0.05, 0) is 43.9 Å². The van der Waals surface area contributed by atoms with E-state index in [1.54, 1.807) is 4.90 Å². The first-order valence-corrected chi connectivity index (χ1v) is 14.0. The summed E-state index contributed by atoms with van der Waals surface area (Å²) in [5, 5.41) is 3.55. The lowest BCUT2D eigenvalue weighted by Crippen LogP contribution is -2.29. The standard InChI is InChI=1S/C28H29N3O2S3/c1-19-7-11-21(12-8-19)16-23-18-29-27(35-23)30-25(32)6-4-3-5-15-31-26(33)24(36-28(31)34)17-22-13-9-20(2)10-14-22/h7-14,17-18H,3-6,15-16H2,1-2H3,(H,29,30,32). The summed E-state index contributed by atoms with van der Waals surface area (Å²) < 4.78 is 0.598. The Kier molecular flexibility index (Phi) is 9.07. The van der Waals surface area contributed by atoms with E-state index < -0.39 is 0 Å². The molecule has 8 heteroatoms. The summed E-state index contributed by atoms with van der Waals surface area (Å²) in [7, 11) is 0. The molecule has 1 fully saturated rings. The Morgan fingerprint density at radius 2 is 1.72 bits per heavy atom. The minimum absolute atomic E-state index is 0.0297. The predicted molar refractivity (Wildman–Crippen MR) is 154 cm³/mol. The second kappa shape index (κ2) is 12.4. The topological polar surface area (TPSA) is 62.3 Å². The van der Waals surface area contributed by atoms with Gasteiger partial charge in [0.2, 0.25) is 5.91 Å². The Morgan fingerprint density at radius 3 is 2.44 bits per heavy atom. The fourth-order valence-electron chi connectivity index (χ4n) is 3.77. The summed E-state index contributed by atoms with van der Waals surface area (Å²) in [5.41, 5.74) is 4.65. The lowest BCUT2D eigenvalue weighted by atomic mass is 10.1. The van der Waals surface area contributed by atoms with Gasteiger partial charge in [-0.15, -0.1) is 11.3 Å². The summed E-state index contributed by atoms with van der Waals surface area (Å²) in [5.74, 6) is -0.0635. The Labute approximate surface area is 226 Å². The van der Waals surface area contributed by atoms with Gasteiger partial charge in [-0.2, -0.15) is 0 Å². The molecule has 36 heavy (non-hydrogen) atoms. The maximum absolute atomic E-state index is 12.8. The van der Waals surface area contributed by atoms with Crippen LogP contribution in [0.2, 0.25) is 0 Å². The third-order valence-corrected chi connectivity index (χ3v) is 8.12. The quantitative estimate of drug-likeness (QED) is 0.177. The maximum atomic E-state index is 12.8. The number of hydrogen-bond donors (Lipinski definition) is 1. The number of thiazole rings is 1. The van der Waals surface area contributed by atoms with Gasteiger partial charge in [0.25, 0.3) is 5.91 Å². The molecule has 2 amide bonds. The highest BCUT2D eigenvalue weighted by atomic mass is 32.2. The van der Waals surface area contributed by atoms with E-state index in [-0.39, 0.29) is 11.8 Å². The fourth-order valence-corrected chi connectivity index (χ4v) is 5.95. The molecule has 2 aromatic carbocycles.